The Morgan fingerprint density at radius 2 is 1.96 bits per heavy atom. The summed E-state index contributed by atoms with van der Waals surface area (Å²) in [4.78, 5) is 28.3. The van der Waals surface area contributed by atoms with Crippen LogP contribution in [0, 0.1) is 5.92 Å². The van der Waals surface area contributed by atoms with Gasteiger partial charge < -0.3 is 9.47 Å². The fourth-order valence-corrected chi connectivity index (χ4v) is 2.87. The molecule has 0 bridgehead atoms. The van der Waals surface area contributed by atoms with Crippen LogP contribution in [-0.2, 0) is 27.1 Å². The van der Waals surface area contributed by atoms with Gasteiger partial charge in [-0.15, -0.1) is 0 Å². The van der Waals surface area contributed by atoms with Gasteiger partial charge in [-0.05, 0) is 31.9 Å². The standard InChI is InChI=1S/C18H22F3NO4/c1-2-25-9-10-26-11-14-12(7-8-16(22-14)18(19,20)21)17(24)13-5-3-4-6-15(13)23/h7-8,13H,2-6,9-11H2,1H3. The van der Waals surface area contributed by atoms with Gasteiger partial charge in [0.1, 0.15) is 11.5 Å². The molecule has 1 unspecified atom stereocenters. The van der Waals surface area contributed by atoms with E-state index in [1.54, 1.807) is 0 Å². The van der Waals surface area contributed by atoms with Crippen molar-refractivity contribution < 1.29 is 32.2 Å². The molecule has 1 aromatic rings. The smallest absolute Gasteiger partial charge is 0.379 e. The van der Waals surface area contributed by atoms with Crippen LogP contribution in [0.25, 0.3) is 0 Å². The first-order valence-corrected chi connectivity index (χ1v) is 8.64. The van der Waals surface area contributed by atoms with Crippen molar-refractivity contribution in [1.29, 1.82) is 0 Å². The number of pyridine rings is 1. The van der Waals surface area contributed by atoms with Crippen LogP contribution in [0.3, 0.4) is 0 Å². The second kappa shape index (κ2) is 9.23. The van der Waals surface area contributed by atoms with Crippen LogP contribution in [0.5, 0.6) is 0 Å². The van der Waals surface area contributed by atoms with Crippen LogP contribution in [0.2, 0.25) is 0 Å². The molecule has 0 spiro atoms. The fourth-order valence-electron chi connectivity index (χ4n) is 2.87. The maximum absolute atomic E-state index is 12.9. The fraction of sp³-hybridized carbons (Fsp3) is 0.611. The summed E-state index contributed by atoms with van der Waals surface area (Å²) < 4.78 is 49.2. The number of hydrogen-bond donors (Lipinski definition) is 0. The molecular weight excluding hydrogens is 351 g/mol. The monoisotopic (exact) mass is 373 g/mol. The molecule has 0 radical (unpaired) electrons. The van der Waals surface area contributed by atoms with Crippen molar-refractivity contribution in [1.82, 2.24) is 4.98 Å². The number of carbonyl (C=O) groups excluding carboxylic acids is 2. The highest BCUT2D eigenvalue weighted by Gasteiger charge is 2.35. The van der Waals surface area contributed by atoms with E-state index in [1.165, 1.54) is 0 Å². The van der Waals surface area contributed by atoms with Crippen LogP contribution in [0.1, 0.15) is 54.4 Å². The largest absolute Gasteiger partial charge is 0.433 e. The minimum atomic E-state index is -4.62. The molecule has 1 heterocycles. The molecule has 0 amide bonds. The zero-order valence-corrected chi connectivity index (χ0v) is 14.6. The number of Topliss-reactive ketones (excluding diaryl/α,β-unsaturated/α-hetero) is 2. The number of ketones is 2. The maximum atomic E-state index is 12.9. The second-order valence-electron chi connectivity index (χ2n) is 6.07. The van der Waals surface area contributed by atoms with Gasteiger partial charge in [0.05, 0.1) is 31.4 Å². The van der Waals surface area contributed by atoms with Crippen molar-refractivity contribution in [2.45, 2.75) is 45.4 Å². The lowest BCUT2D eigenvalue weighted by Crippen LogP contribution is -2.28. The Hall–Kier alpha value is -1.80. The molecule has 0 N–H and O–H groups in total. The van der Waals surface area contributed by atoms with Crippen molar-refractivity contribution in [3.05, 3.63) is 29.1 Å². The van der Waals surface area contributed by atoms with E-state index in [4.69, 9.17) is 9.47 Å². The van der Waals surface area contributed by atoms with E-state index in [-0.39, 0.29) is 30.3 Å². The third-order valence-corrected chi connectivity index (χ3v) is 4.22. The van der Waals surface area contributed by atoms with Crippen LogP contribution in [0.4, 0.5) is 13.2 Å². The van der Waals surface area contributed by atoms with Gasteiger partial charge in [0, 0.05) is 18.6 Å². The predicted molar refractivity (Wildman–Crippen MR) is 86.7 cm³/mol. The lowest BCUT2D eigenvalue weighted by atomic mass is 9.82. The van der Waals surface area contributed by atoms with Gasteiger partial charge in [0.2, 0.25) is 0 Å². The number of ether oxygens (including phenoxy) is 2. The summed E-state index contributed by atoms with van der Waals surface area (Å²) in [6.07, 6.45) is -2.39. The van der Waals surface area contributed by atoms with E-state index in [1.807, 2.05) is 6.92 Å². The first-order chi connectivity index (χ1) is 12.3. The van der Waals surface area contributed by atoms with E-state index in [0.29, 0.717) is 26.1 Å². The second-order valence-corrected chi connectivity index (χ2v) is 6.07. The van der Waals surface area contributed by atoms with E-state index in [9.17, 15) is 22.8 Å². The highest BCUT2D eigenvalue weighted by atomic mass is 19.4. The van der Waals surface area contributed by atoms with E-state index in [2.05, 4.69) is 4.98 Å². The zero-order chi connectivity index (χ0) is 19.2. The summed E-state index contributed by atoms with van der Waals surface area (Å²) in [5.74, 6) is -1.44. The summed E-state index contributed by atoms with van der Waals surface area (Å²) in [5.41, 5.74) is -1.17. The van der Waals surface area contributed by atoms with Crippen molar-refractivity contribution >= 4 is 11.6 Å². The summed E-state index contributed by atoms with van der Waals surface area (Å²) >= 11 is 0. The van der Waals surface area contributed by atoms with Crippen LogP contribution in [-0.4, -0.2) is 36.4 Å². The van der Waals surface area contributed by atoms with Crippen LogP contribution in [0.15, 0.2) is 12.1 Å². The number of halogens is 3. The van der Waals surface area contributed by atoms with Gasteiger partial charge >= 0.3 is 6.18 Å². The molecule has 1 aliphatic rings. The maximum Gasteiger partial charge on any atom is 0.433 e. The van der Waals surface area contributed by atoms with E-state index < -0.39 is 23.6 Å². The van der Waals surface area contributed by atoms with Gasteiger partial charge in [-0.2, -0.15) is 13.2 Å². The molecule has 1 atom stereocenters. The van der Waals surface area contributed by atoms with Crippen LogP contribution < -0.4 is 0 Å². The minimum absolute atomic E-state index is 0.0228. The Morgan fingerprint density at radius 3 is 2.62 bits per heavy atom. The molecule has 8 heteroatoms. The van der Waals surface area contributed by atoms with Crippen molar-refractivity contribution in [3.8, 4) is 0 Å². The molecule has 1 aromatic heterocycles. The van der Waals surface area contributed by atoms with Crippen molar-refractivity contribution in [3.63, 3.8) is 0 Å². The molecule has 144 valence electrons. The molecule has 2 rings (SSSR count). The number of nitrogens with zero attached hydrogens (tertiary/aromatic N) is 1. The zero-order valence-electron chi connectivity index (χ0n) is 14.6. The minimum Gasteiger partial charge on any atom is -0.379 e. The number of rotatable bonds is 8. The summed E-state index contributed by atoms with van der Waals surface area (Å²) in [6, 6.07) is 1.87. The Labute approximate surface area is 149 Å². The van der Waals surface area contributed by atoms with E-state index >= 15 is 0 Å². The van der Waals surface area contributed by atoms with Gasteiger partial charge in [0.15, 0.2) is 5.78 Å². The quantitative estimate of drug-likeness (QED) is 0.396. The molecule has 1 aliphatic carbocycles. The summed E-state index contributed by atoms with van der Waals surface area (Å²) in [6.45, 7) is 2.52. The van der Waals surface area contributed by atoms with E-state index in [0.717, 1.165) is 25.0 Å². The normalized spacial score (nSPS) is 18.2. The molecule has 26 heavy (non-hydrogen) atoms. The third kappa shape index (κ3) is 5.35. The number of aromatic nitrogens is 1. The Bertz CT molecular complexity index is 646. The lowest BCUT2D eigenvalue weighted by molar-refractivity contribution is -0.141. The average molecular weight is 373 g/mol. The molecule has 0 aliphatic heterocycles. The van der Waals surface area contributed by atoms with Crippen molar-refractivity contribution in [2.24, 2.45) is 5.92 Å². The molecular formula is C18H22F3NO4. The Morgan fingerprint density at radius 1 is 1.23 bits per heavy atom. The SMILES string of the molecule is CCOCCOCc1nc(C(F)(F)F)ccc1C(=O)C1CCCCC1=O. The number of alkyl halides is 3. The third-order valence-electron chi connectivity index (χ3n) is 4.22. The van der Waals surface area contributed by atoms with Crippen molar-refractivity contribution in [2.75, 3.05) is 19.8 Å². The number of hydrogen-bond acceptors (Lipinski definition) is 5. The first kappa shape index (κ1) is 20.5. The molecule has 0 saturated heterocycles. The van der Waals surface area contributed by atoms with Gasteiger partial charge in [-0.3, -0.25) is 9.59 Å². The summed E-state index contributed by atoms with van der Waals surface area (Å²) in [5, 5.41) is 0. The Kier molecular flexibility index (Phi) is 7.28. The lowest BCUT2D eigenvalue weighted by Gasteiger charge is -2.20. The Balaban J connectivity index is 2.22. The topological polar surface area (TPSA) is 65.5 Å². The number of carbonyl (C=O) groups is 2. The highest BCUT2D eigenvalue weighted by Crippen LogP contribution is 2.30. The molecule has 1 fully saturated rings. The summed E-state index contributed by atoms with van der Waals surface area (Å²) in [7, 11) is 0. The van der Waals surface area contributed by atoms with Gasteiger partial charge in [-0.1, -0.05) is 6.42 Å². The molecule has 5 nitrogen and oxygen atoms in total. The predicted octanol–water partition coefficient (Wildman–Crippen LogP) is 3.60. The molecule has 0 aromatic carbocycles. The van der Waals surface area contributed by atoms with Gasteiger partial charge in [-0.25, -0.2) is 4.98 Å². The molecule has 1 saturated carbocycles. The average Bonchev–Trinajstić information content (AvgIpc) is 2.60. The van der Waals surface area contributed by atoms with Gasteiger partial charge in [0.25, 0.3) is 0 Å². The highest BCUT2D eigenvalue weighted by molar-refractivity contribution is 6.11. The first-order valence-electron chi connectivity index (χ1n) is 8.64. The van der Waals surface area contributed by atoms with Crippen LogP contribution >= 0.6 is 0 Å².